The summed E-state index contributed by atoms with van der Waals surface area (Å²) in [5.41, 5.74) is 3.03. The second kappa shape index (κ2) is 6.40. The van der Waals surface area contributed by atoms with Crippen LogP contribution in [0.2, 0.25) is 0 Å². The van der Waals surface area contributed by atoms with Crippen molar-refractivity contribution >= 4 is 0 Å². The number of benzene rings is 2. The highest BCUT2D eigenvalue weighted by Crippen LogP contribution is 2.21. The van der Waals surface area contributed by atoms with E-state index in [1.807, 2.05) is 50.2 Å². The Bertz CT molecular complexity index is 487. The van der Waals surface area contributed by atoms with E-state index < -0.39 is 0 Å². The van der Waals surface area contributed by atoms with E-state index in [9.17, 15) is 0 Å². The van der Waals surface area contributed by atoms with E-state index in [1.165, 1.54) is 0 Å². The van der Waals surface area contributed by atoms with E-state index in [4.69, 9.17) is 11.5 Å². The summed E-state index contributed by atoms with van der Waals surface area (Å²) in [6, 6.07) is 14.9. The molecule has 0 saturated carbocycles. The van der Waals surface area contributed by atoms with Crippen molar-refractivity contribution in [2.24, 2.45) is 0 Å². The van der Waals surface area contributed by atoms with E-state index in [0.29, 0.717) is 0 Å². The maximum absolute atomic E-state index is 9.16. The molecular weight excluding hydrogens is 208 g/mol. The minimum absolute atomic E-state index is 0.277. The van der Waals surface area contributed by atoms with Gasteiger partial charge >= 0.3 is 0 Å². The number of hydrogen-bond acceptors (Lipinski definition) is 1. The Labute approximate surface area is 103 Å². The molecule has 1 nitrogen and oxygen atoms in total. The fourth-order valence-corrected chi connectivity index (χ4v) is 1.41. The lowest BCUT2D eigenvalue weighted by molar-refractivity contribution is 0.475. The summed E-state index contributed by atoms with van der Waals surface area (Å²) in [5, 5.41) is 9.16. The molecule has 2 aromatic rings. The van der Waals surface area contributed by atoms with Crippen molar-refractivity contribution in [2.45, 2.75) is 13.8 Å². The quantitative estimate of drug-likeness (QED) is 0.724. The molecule has 0 heterocycles. The van der Waals surface area contributed by atoms with Crippen LogP contribution in [-0.4, -0.2) is 5.11 Å². The Kier molecular flexibility index (Phi) is 4.84. The normalized spacial score (nSPS) is 8.76. The van der Waals surface area contributed by atoms with Gasteiger partial charge in [-0.15, -0.1) is 6.42 Å². The topological polar surface area (TPSA) is 20.2 Å². The molecule has 0 amide bonds. The molecule has 1 heteroatoms. The first kappa shape index (κ1) is 12.9. The average molecular weight is 224 g/mol. The molecule has 0 bridgehead atoms. The Morgan fingerprint density at radius 3 is 1.65 bits per heavy atom. The molecule has 0 fully saturated rings. The molecule has 0 saturated heterocycles. The molecule has 0 aromatic heterocycles. The van der Waals surface area contributed by atoms with Crippen LogP contribution >= 0.6 is 0 Å². The number of terminal acetylenes is 1. The molecule has 17 heavy (non-hydrogen) atoms. The van der Waals surface area contributed by atoms with Crippen molar-refractivity contribution in [3.63, 3.8) is 0 Å². The average Bonchev–Trinajstić information content (AvgIpc) is 2.42. The van der Waals surface area contributed by atoms with E-state index in [0.717, 1.165) is 16.7 Å². The Morgan fingerprint density at radius 2 is 1.24 bits per heavy atom. The van der Waals surface area contributed by atoms with E-state index in [2.05, 4.69) is 5.92 Å². The van der Waals surface area contributed by atoms with Crippen LogP contribution in [-0.2, 0) is 0 Å². The van der Waals surface area contributed by atoms with Gasteiger partial charge in [0.2, 0.25) is 0 Å². The summed E-state index contributed by atoms with van der Waals surface area (Å²) in [6.45, 7) is 4.00. The van der Waals surface area contributed by atoms with Crippen LogP contribution in [0.3, 0.4) is 0 Å². The fraction of sp³-hybridized carbons (Fsp3) is 0.125. The summed E-state index contributed by atoms with van der Waals surface area (Å²) in [7, 11) is 0. The molecule has 0 spiro atoms. The first-order chi connectivity index (χ1) is 8.29. The molecular formula is C16H16O. The van der Waals surface area contributed by atoms with Gasteiger partial charge in [-0.05, 0) is 35.4 Å². The SMILES string of the molecule is C#Cc1ccc(-c2ccc(O)cc2)cc1.CC. The van der Waals surface area contributed by atoms with Gasteiger partial charge in [-0.1, -0.05) is 44.0 Å². The standard InChI is InChI=1S/C14H10O.C2H6/c1-2-11-3-5-12(6-4-11)13-7-9-14(15)10-8-13;1-2/h1,3-10,15H;1-2H3. The molecule has 2 aromatic carbocycles. The van der Waals surface area contributed by atoms with Crippen LogP contribution in [0.1, 0.15) is 19.4 Å². The van der Waals surface area contributed by atoms with Gasteiger partial charge in [-0.2, -0.15) is 0 Å². The zero-order valence-corrected chi connectivity index (χ0v) is 10.1. The van der Waals surface area contributed by atoms with Crippen molar-refractivity contribution in [3.05, 3.63) is 54.1 Å². The first-order valence-electron chi connectivity index (χ1n) is 5.66. The van der Waals surface area contributed by atoms with Gasteiger partial charge < -0.3 is 5.11 Å². The van der Waals surface area contributed by atoms with Crippen LogP contribution in [0.15, 0.2) is 48.5 Å². The zero-order valence-electron chi connectivity index (χ0n) is 10.1. The number of aromatic hydroxyl groups is 1. The Morgan fingerprint density at radius 1 is 0.824 bits per heavy atom. The van der Waals surface area contributed by atoms with Crippen molar-refractivity contribution in [1.29, 1.82) is 0 Å². The van der Waals surface area contributed by atoms with Crippen LogP contribution in [0.5, 0.6) is 5.75 Å². The van der Waals surface area contributed by atoms with Gasteiger partial charge in [-0.3, -0.25) is 0 Å². The molecule has 0 atom stereocenters. The largest absolute Gasteiger partial charge is 0.508 e. The summed E-state index contributed by atoms with van der Waals surface area (Å²) in [6.07, 6.45) is 5.28. The highest BCUT2D eigenvalue weighted by molar-refractivity contribution is 5.64. The highest BCUT2D eigenvalue weighted by atomic mass is 16.3. The molecule has 0 radical (unpaired) electrons. The van der Waals surface area contributed by atoms with Gasteiger partial charge in [0.25, 0.3) is 0 Å². The van der Waals surface area contributed by atoms with E-state index in [1.54, 1.807) is 12.1 Å². The van der Waals surface area contributed by atoms with E-state index >= 15 is 0 Å². The number of rotatable bonds is 1. The predicted molar refractivity (Wildman–Crippen MR) is 72.8 cm³/mol. The summed E-state index contributed by atoms with van der Waals surface area (Å²) in [5.74, 6) is 2.85. The van der Waals surface area contributed by atoms with Crippen molar-refractivity contribution < 1.29 is 5.11 Å². The lowest BCUT2D eigenvalue weighted by Crippen LogP contribution is -1.78. The van der Waals surface area contributed by atoms with Crippen molar-refractivity contribution in [3.8, 4) is 29.2 Å². The molecule has 1 N–H and O–H groups in total. The van der Waals surface area contributed by atoms with Crippen LogP contribution in [0.25, 0.3) is 11.1 Å². The highest BCUT2D eigenvalue weighted by Gasteiger charge is 1.96. The monoisotopic (exact) mass is 224 g/mol. The maximum atomic E-state index is 9.16. The Hall–Kier alpha value is -2.20. The maximum Gasteiger partial charge on any atom is 0.115 e. The lowest BCUT2D eigenvalue weighted by Gasteiger charge is -2.01. The van der Waals surface area contributed by atoms with Gasteiger partial charge in [-0.25, -0.2) is 0 Å². The molecule has 0 aliphatic carbocycles. The third-order valence-corrected chi connectivity index (χ3v) is 2.25. The summed E-state index contributed by atoms with van der Waals surface area (Å²) in [4.78, 5) is 0. The van der Waals surface area contributed by atoms with Crippen LogP contribution in [0, 0.1) is 12.3 Å². The van der Waals surface area contributed by atoms with Gasteiger partial charge in [0, 0.05) is 5.56 Å². The van der Waals surface area contributed by atoms with Gasteiger partial charge in [0.15, 0.2) is 0 Å². The smallest absolute Gasteiger partial charge is 0.115 e. The predicted octanol–water partition coefficient (Wildman–Crippen LogP) is 4.07. The van der Waals surface area contributed by atoms with Crippen LogP contribution in [0.4, 0.5) is 0 Å². The number of phenols is 1. The number of hydrogen-bond donors (Lipinski definition) is 1. The molecule has 2 rings (SSSR count). The third kappa shape index (κ3) is 3.39. The third-order valence-electron chi connectivity index (χ3n) is 2.25. The zero-order chi connectivity index (χ0) is 12.7. The van der Waals surface area contributed by atoms with Crippen molar-refractivity contribution in [1.82, 2.24) is 0 Å². The minimum Gasteiger partial charge on any atom is -0.508 e. The lowest BCUT2D eigenvalue weighted by atomic mass is 10.0. The summed E-state index contributed by atoms with van der Waals surface area (Å²) >= 11 is 0. The second-order valence-electron chi connectivity index (χ2n) is 3.27. The molecule has 86 valence electrons. The molecule has 0 aliphatic rings. The second-order valence-corrected chi connectivity index (χ2v) is 3.27. The van der Waals surface area contributed by atoms with Gasteiger partial charge in [0.1, 0.15) is 5.75 Å². The van der Waals surface area contributed by atoms with Crippen molar-refractivity contribution in [2.75, 3.05) is 0 Å². The Balaban J connectivity index is 0.000000686. The van der Waals surface area contributed by atoms with Crippen LogP contribution < -0.4 is 0 Å². The minimum atomic E-state index is 0.277. The fourth-order valence-electron chi connectivity index (χ4n) is 1.41. The van der Waals surface area contributed by atoms with E-state index in [-0.39, 0.29) is 5.75 Å². The molecule has 0 aliphatic heterocycles. The molecule has 0 unspecified atom stereocenters. The first-order valence-corrected chi connectivity index (χ1v) is 5.66. The summed E-state index contributed by atoms with van der Waals surface area (Å²) < 4.78 is 0. The van der Waals surface area contributed by atoms with Gasteiger partial charge in [0.05, 0.1) is 0 Å². The number of phenolic OH excluding ortho intramolecular Hbond substituents is 1.